The molecule has 3 amide bonds. The van der Waals surface area contributed by atoms with E-state index in [1.54, 1.807) is 26.0 Å². The number of hydrogen-bond donors (Lipinski definition) is 8. The number of rotatable bonds is 16. The molecule has 0 spiro atoms. The van der Waals surface area contributed by atoms with Crippen LogP contribution >= 0.6 is 0 Å². The summed E-state index contributed by atoms with van der Waals surface area (Å²) in [5, 5.41) is 26.9. The van der Waals surface area contributed by atoms with Crippen molar-refractivity contribution in [3.63, 3.8) is 0 Å². The van der Waals surface area contributed by atoms with Crippen molar-refractivity contribution >= 4 is 29.7 Å². The molecule has 11 N–H and O–H groups in total. The molecule has 0 aliphatic heterocycles. The predicted molar refractivity (Wildman–Crippen MR) is 147 cm³/mol. The van der Waals surface area contributed by atoms with Crippen molar-refractivity contribution < 1.29 is 29.4 Å². The second-order valence-electron chi connectivity index (χ2n) is 10.2. The highest BCUT2D eigenvalue weighted by Crippen LogP contribution is 2.13. The topological polar surface area (TPSA) is 235 Å². The molecule has 0 aliphatic rings. The number of carbonyl (C=O) groups excluding carboxylic acids is 3. The minimum absolute atomic E-state index is 0.0468. The molecule has 0 aromatic heterocycles. The van der Waals surface area contributed by atoms with Gasteiger partial charge in [0, 0.05) is 13.0 Å². The Bertz CT molecular complexity index is 993. The first-order valence-electron chi connectivity index (χ1n) is 12.9. The maximum Gasteiger partial charge on any atom is 0.326 e. The normalized spacial score (nSPS) is 14.1. The van der Waals surface area contributed by atoms with E-state index in [4.69, 9.17) is 17.2 Å². The van der Waals surface area contributed by atoms with Crippen LogP contribution in [0.15, 0.2) is 29.3 Å². The molecule has 4 atom stereocenters. The van der Waals surface area contributed by atoms with Gasteiger partial charge in [0.25, 0.3) is 0 Å². The van der Waals surface area contributed by atoms with Crippen LogP contribution in [0.5, 0.6) is 5.75 Å². The van der Waals surface area contributed by atoms with Crippen LogP contribution in [0, 0.1) is 11.8 Å². The third-order valence-corrected chi connectivity index (χ3v) is 5.88. The van der Waals surface area contributed by atoms with E-state index in [9.17, 15) is 29.4 Å². The summed E-state index contributed by atoms with van der Waals surface area (Å²) in [5.41, 5.74) is 17.2. The molecule has 0 saturated carbocycles. The van der Waals surface area contributed by atoms with E-state index < -0.39 is 53.8 Å². The van der Waals surface area contributed by atoms with Gasteiger partial charge in [-0.25, -0.2) is 4.79 Å². The largest absolute Gasteiger partial charge is 0.508 e. The summed E-state index contributed by atoms with van der Waals surface area (Å²) < 4.78 is 0. The Morgan fingerprint density at radius 1 is 0.897 bits per heavy atom. The zero-order chi connectivity index (χ0) is 29.7. The summed E-state index contributed by atoms with van der Waals surface area (Å²) >= 11 is 0. The number of carboxylic acid groups (broad SMARTS) is 1. The number of nitrogens with zero attached hydrogens (tertiary/aromatic N) is 1. The van der Waals surface area contributed by atoms with Gasteiger partial charge in [-0.1, -0.05) is 39.8 Å². The van der Waals surface area contributed by atoms with Gasteiger partial charge in [-0.3, -0.25) is 19.4 Å². The van der Waals surface area contributed by atoms with E-state index in [0.717, 1.165) is 0 Å². The van der Waals surface area contributed by atoms with Gasteiger partial charge in [0.05, 0.1) is 6.04 Å². The average Bonchev–Trinajstić information content (AvgIpc) is 2.83. The Labute approximate surface area is 229 Å². The number of carbonyl (C=O) groups is 4. The first-order valence-corrected chi connectivity index (χ1v) is 12.9. The SMILES string of the molecule is CC(C)CC(N)C(=O)NC(Cc1ccc(O)cc1)C(=O)NC(C(=O)NC(CCCN=C(N)N)C(=O)O)C(C)C. The third kappa shape index (κ3) is 12.5. The van der Waals surface area contributed by atoms with Gasteiger partial charge in [0.2, 0.25) is 17.7 Å². The molecule has 1 aromatic carbocycles. The van der Waals surface area contributed by atoms with Crippen LogP contribution in [0.4, 0.5) is 0 Å². The predicted octanol–water partition coefficient (Wildman–Crippen LogP) is -0.443. The van der Waals surface area contributed by atoms with Crippen molar-refractivity contribution in [2.75, 3.05) is 6.54 Å². The maximum absolute atomic E-state index is 13.4. The van der Waals surface area contributed by atoms with Gasteiger partial charge in [0.15, 0.2) is 5.96 Å². The molecule has 0 fully saturated rings. The molecule has 4 unspecified atom stereocenters. The van der Waals surface area contributed by atoms with Crippen LogP contribution in [0.2, 0.25) is 0 Å². The van der Waals surface area contributed by atoms with Crippen molar-refractivity contribution in [3.05, 3.63) is 29.8 Å². The van der Waals surface area contributed by atoms with E-state index >= 15 is 0 Å². The summed E-state index contributed by atoms with van der Waals surface area (Å²) in [7, 11) is 0. The first kappa shape index (κ1) is 33.2. The molecule has 13 heteroatoms. The van der Waals surface area contributed by atoms with Crippen molar-refractivity contribution in [2.45, 2.75) is 77.5 Å². The highest BCUT2D eigenvalue weighted by molar-refractivity contribution is 5.94. The standard InChI is InChI=1S/C26H43N7O6/c1-14(2)12-18(27)22(35)32-20(13-16-7-9-17(34)10-8-16)23(36)33-21(15(3)4)24(37)31-19(25(38)39)6-5-11-30-26(28)29/h7-10,14-15,18-21,34H,5-6,11-13,27H2,1-4H3,(H,31,37)(H,32,35)(H,33,36)(H,38,39)(H4,28,29,30). The van der Waals surface area contributed by atoms with Crippen LogP contribution in [0.3, 0.4) is 0 Å². The molecule has 0 aliphatic carbocycles. The van der Waals surface area contributed by atoms with Crippen LogP contribution < -0.4 is 33.2 Å². The quantitative estimate of drug-likeness (QED) is 0.0756. The lowest BCUT2D eigenvalue weighted by molar-refractivity contribution is -0.142. The third-order valence-electron chi connectivity index (χ3n) is 5.88. The van der Waals surface area contributed by atoms with Crippen molar-refractivity contribution in [3.8, 4) is 5.75 Å². The second-order valence-corrected chi connectivity index (χ2v) is 10.2. The minimum Gasteiger partial charge on any atom is -0.508 e. The number of guanidine groups is 1. The lowest BCUT2D eigenvalue weighted by Gasteiger charge is -2.27. The van der Waals surface area contributed by atoms with Crippen LogP contribution in [-0.2, 0) is 25.6 Å². The minimum atomic E-state index is -1.24. The number of nitrogens with two attached hydrogens (primary N) is 3. The number of aliphatic imine (C=N–C) groups is 1. The van der Waals surface area contributed by atoms with Crippen LogP contribution in [0.25, 0.3) is 0 Å². The fourth-order valence-corrected chi connectivity index (χ4v) is 3.78. The number of amides is 3. The van der Waals surface area contributed by atoms with Gasteiger partial charge in [-0.15, -0.1) is 0 Å². The van der Waals surface area contributed by atoms with Crippen molar-refractivity contribution in [1.82, 2.24) is 16.0 Å². The number of aromatic hydroxyl groups is 1. The van der Waals surface area contributed by atoms with Crippen molar-refractivity contribution in [1.29, 1.82) is 0 Å². The highest BCUT2D eigenvalue weighted by Gasteiger charge is 2.32. The number of phenols is 1. The second kappa shape index (κ2) is 16.2. The zero-order valence-corrected chi connectivity index (χ0v) is 23.0. The number of benzene rings is 1. The Balaban J connectivity index is 3.05. The molecular formula is C26H43N7O6. The number of hydrogen-bond acceptors (Lipinski definition) is 7. The molecule has 0 bridgehead atoms. The molecule has 1 aromatic rings. The summed E-state index contributed by atoms with van der Waals surface area (Å²) in [5.74, 6) is -3.39. The Morgan fingerprint density at radius 3 is 2.00 bits per heavy atom. The van der Waals surface area contributed by atoms with E-state index in [0.29, 0.717) is 18.4 Å². The fraction of sp³-hybridized carbons (Fsp3) is 0.577. The number of carboxylic acids is 1. The number of nitrogens with one attached hydrogen (secondary N) is 3. The zero-order valence-electron chi connectivity index (χ0n) is 23.0. The van der Waals surface area contributed by atoms with E-state index in [1.807, 2.05) is 13.8 Å². The highest BCUT2D eigenvalue weighted by atomic mass is 16.4. The van der Waals surface area contributed by atoms with Gasteiger partial charge >= 0.3 is 5.97 Å². The van der Waals surface area contributed by atoms with Gasteiger partial charge in [-0.2, -0.15) is 0 Å². The lowest BCUT2D eigenvalue weighted by Crippen LogP contribution is -2.59. The number of aliphatic carboxylic acids is 1. The fourth-order valence-electron chi connectivity index (χ4n) is 3.78. The molecule has 0 saturated heterocycles. The van der Waals surface area contributed by atoms with Gasteiger partial charge in [-0.05, 0) is 48.8 Å². The Hall–Kier alpha value is -3.87. The Kier molecular flexibility index (Phi) is 13.7. The summed E-state index contributed by atoms with van der Waals surface area (Å²) in [6.45, 7) is 7.44. The molecule has 1 rings (SSSR count). The summed E-state index contributed by atoms with van der Waals surface area (Å²) in [6, 6.07) is 1.93. The maximum atomic E-state index is 13.4. The van der Waals surface area contributed by atoms with Gasteiger partial charge in [0.1, 0.15) is 23.9 Å². The first-order chi connectivity index (χ1) is 18.2. The molecule has 39 heavy (non-hydrogen) atoms. The smallest absolute Gasteiger partial charge is 0.326 e. The summed E-state index contributed by atoms with van der Waals surface area (Å²) in [4.78, 5) is 54.7. The lowest BCUT2D eigenvalue weighted by atomic mass is 9.99. The molecule has 13 nitrogen and oxygen atoms in total. The molecule has 0 radical (unpaired) electrons. The molecule has 0 heterocycles. The van der Waals surface area contributed by atoms with E-state index in [-0.39, 0.29) is 37.0 Å². The Morgan fingerprint density at radius 2 is 1.49 bits per heavy atom. The van der Waals surface area contributed by atoms with Crippen LogP contribution in [-0.4, -0.2) is 70.6 Å². The van der Waals surface area contributed by atoms with E-state index in [2.05, 4.69) is 20.9 Å². The molecular weight excluding hydrogens is 506 g/mol. The van der Waals surface area contributed by atoms with Crippen molar-refractivity contribution in [2.24, 2.45) is 34.0 Å². The number of phenolic OH excluding ortho intramolecular Hbond substituents is 1. The van der Waals surface area contributed by atoms with Gasteiger partial charge < -0.3 is 43.4 Å². The monoisotopic (exact) mass is 549 g/mol. The van der Waals surface area contributed by atoms with E-state index in [1.165, 1.54) is 12.1 Å². The van der Waals surface area contributed by atoms with Crippen LogP contribution in [0.1, 0.15) is 52.5 Å². The average molecular weight is 550 g/mol. The molecule has 218 valence electrons. The summed E-state index contributed by atoms with van der Waals surface area (Å²) in [6.07, 6.45) is 0.868.